The van der Waals surface area contributed by atoms with Crippen molar-refractivity contribution in [1.82, 2.24) is 25.0 Å². The highest BCUT2D eigenvalue weighted by molar-refractivity contribution is 7.71. The molecule has 0 atom stereocenters. The molecule has 7 nitrogen and oxygen atoms in total. The molecule has 3 rings (SSSR count). The number of nitrogens with zero attached hydrogens (tertiary/aromatic N) is 3. The van der Waals surface area contributed by atoms with Gasteiger partial charge in [-0.2, -0.15) is 5.10 Å². The molecule has 0 bridgehead atoms. The molecule has 2 aromatic carbocycles. The van der Waals surface area contributed by atoms with Crippen molar-refractivity contribution < 1.29 is 9.53 Å². The molecule has 0 aliphatic heterocycles. The predicted octanol–water partition coefficient (Wildman–Crippen LogP) is 3.25. The maximum Gasteiger partial charge on any atom is 0.240 e. The van der Waals surface area contributed by atoms with Crippen LogP contribution in [0.25, 0.3) is 11.4 Å². The third-order valence-corrected chi connectivity index (χ3v) is 5.05. The molecule has 2 N–H and O–H groups in total. The summed E-state index contributed by atoms with van der Waals surface area (Å²) in [7, 11) is 3.70. The fraction of sp³-hybridized carbons (Fsp3) is 0.318. The molecule has 0 saturated heterocycles. The van der Waals surface area contributed by atoms with Crippen LogP contribution in [0, 0.1) is 4.77 Å². The average molecular weight is 426 g/mol. The van der Waals surface area contributed by atoms with Crippen molar-refractivity contribution in [3.63, 3.8) is 0 Å². The lowest BCUT2D eigenvalue weighted by Gasteiger charge is -2.16. The number of aromatic amines is 1. The molecule has 158 valence electrons. The quantitative estimate of drug-likeness (QED) is 0.385. The summed E-state index contributed by atoms with van der Waals surface area (Å²) in [5, 5.41) is 10.0. The van der Waals surface area contributed by atoms with E-state index in [0.29, 0.717) is 17.1 Å². The second-order valence-corrected chi connectivity index (χ2v) is 7.48. The summed E-state index contributed by atoms with van der Waals surface area (Å²) in [5.41, 5.74) is 2.14. The van der Waals surface area contributed by atoms with Crippen LogP contribution in [-0.4, -0.2) is 52.8 Å². The van der Waals surface area contributed by atoms with E-state index in [2.05, 4.69) is 39.6 Å². The van der Waals surface area contributed by atoms with Gasteiger partial charge >= 0.3 is 0 Å². The summed E-state index contributed by atoms with van der Waals surface area (Å²) in [6.07, 6.45) is 0.872. The first kappa shape index (κ1) is 21.7. The standard InChI is InChI=1S/C22H27N5O2S/c1-26(15-17-7-4-3-5-8-17)14-6-13-23-20(28)16-27-21(24-25-22(27)30)18-9-11-19(29-2)12-10-18/h3-5,7-12H,6,13-16H2,1-2H3,(H,23,28)(H,25,30). The summed E-state index contributed by atoms with van der Waals surface area (Å²) >= 11 is 5.31. The minimum absolute atomic E-state index is 0.0898. The predicted molar refractivity (Wildman–Crippen MR) is 120 cm³/mol. The van der Waals surface area contributed by atoms with Gasteiger partial charge in [-0.05, 0) is 62.1 Å². The Labute approximate surface area is 181 Å². The Bertz CT molecular complexity index is 998. The van der Waals surface area contributed by atoms with E-state index in [1.807, 2.05) is 42.5 Å². The molecule has 0 saturated carbocycles. The zero-order chi connectivity index (χ0) is 21.3. The molecule has 30 heavy (non-hydrogen) atoms. The van der Waals surface area contributed by atoms with E-state index in [1.165, 1.54) is 5.56 Å². The Balaban J connectivity index is 1.48. The van der Waals surface area contributed by atoms with Gasteiger partial charge in [0.05, 0.1) is 7.11 Å². The van der Waals surface area contributed by atoms with Gasteiger partial charge < -0.3 is 15.0 Å². The van der Waals surface area contributed by atoms with Crippen LogP contribution in [0.15, 0.2) is 54.6 Å². The molecule has 0 unspecified atom stereocenters. The Morgan fingerprint density at radius 3 is 2.63 bits per heavy atom. The van der Waals surface area contributed by atoms with Crippen LogP contribution in [0.5, 0.6) is 5.75 Å². The van der Waals surface area contributed by atoms with Gasteiger partial charge in [-0.15, -0.1) is 0 Å². The first-order valence-electron chi connectivity index (χ1n) is 9.85. The van der Waals surface area contributed by atoms with Crippen molar-refractivity contribution in [2.24, 2.45) is 0 Å². The number of benzene rings is 2. The van der Waals surface area contributed by atoms with E-state index >= 15 is 0 Å². The van der Waals surface area contributed by atoms with Crippen LogP contribution >= 0.6 is 12.2 Å². The fourth-order valence-corrected chi connectivity index (χ4v) is 3.37. The summed E-state index contributed by atoms with van der Waals surface area (Å²) in [6, 6.07) is 17.8. The summed E-state index contributed by atoms with van der Waals surface area (Å²) in [6.45, 7) is 2.53. The monoisotopic (exact) mass is 425 g/mol. The first-order valence-corrected chi connectivity index (χ1v) is 10.3. The molecule has 8 heteroatoms. The van der Waals surface area contributed by atoms with Gasteiger partial charge in [0.2, 0.25) is 5.91 Å². The zero-order valence-corrected chi connectivity index (χ0v) is 18.1. The number of ether oxygens (including phenoxy) is 1. The smallest absolute Gasteiger partial charge is 0.240 e. The lowest BCUT2D eigenvalue weighted by Crippen LogP contribution is -2.31. The summed E-state index contributed by atoms with van der Waals surface area (Å²) < 4.78 is 7.30. The minimum Gasteiger partial charge on any atom is -0.497 e. The van der Waals surface area contributed by atoms with Crippen molar-refractivity contribution in [2.45, 2.75) is 19.5 Å². The maximum atomic E-state index is 12.4. The highest BCUT2D eigenvalue weighted by Gasteiger charge is 2.12. The van der Waals surface area contributed by atoms with E-state index < -0.39 is 0 Å². The molecular formula is C22H27N5O2S. The molecule has 0 aliphatic rings. The number of H-pyrrole nitrogens is 1. The normalized spacial score (nSPS) is 10.9. The van der Waals surface area contributed by atoms with Gasteiger partial charge in [-0.3, -0.25) is 14.5 Å². The zero-order valence-electron chi connectivity index (χ0n) is 17.3. The number of methoxy groups -OCH3 is 1. The summed E-state index contributed by atoms with van der Waals surface area (Å²) in [4.78, 5) is 14.7. The second-order valence-electron chi connectivity index (χ2n) is 7.09. The SMILES string of the molecule is COc1ccc(-c2n[nH]c(=S)n2CC(=O)NCCCN(C)Cc2ccccc2)cc1. The number of aromatic nitrogens is 3. The molecule has 0 fully saturated rings. The number of hydrogen-bond donors (Lipinski definition) is 2. The highest BCUT2D eigenvalue weighted by atomic mass is 32.1. The van der Waals surface area contributed by atoms with E-state index in [1.54, 1.807) is 11.7 Å². The van der Waals surface area contributed by atoms with Gasteiger partial charge in [0, 0.05) is 18.7 Å². The van der Waals surface area contributed by atoms with Crippen LogP contribution in [0.3, 0.4) is 0 Å². The van der Waals surface area contributed by atoms with E-state index in [-0.39, 0.29) is 12.5 Å². The number of hydrogen-bond acceptors (Lipinski definition) is 5. The molecule has 0 aliphatic carbocycles. The van der Waals surface area contributed by atoms with Crippen LogP contribution < -0.4 is 10.1 Å². The van der Waals surface area contributed by atoms with Crippen LogP contribution in [0.4, 0.5) is 0 Å². The Hall–Kier alpha value is -2.97. The van der Waals surface area contributed by atoms with Crippen molar-refractivity contribution in [3.05, 3.63) is 64.9 Å². The van der Waals surface area contributed by atoms with Gasteiger partial charge in [0.1, 0.15) is 12.3 Å². The third kappa shape index (κ3) is 6.01. The van der Waals surface area contributed by atoms with Gasteiger partial charge in [-0.25, -0.2) is 0 Å². The van der Waals surface area contributed by atoms with Crippen LogP contribution in [0.1, 0.15) is 12.0 Å². The van der Waals surface area contributed by atoms with Gasteiger partial charge in [0.15, 0.2) is 10.6 Å². The van der Waals surface area contributed by atoms with Crippen LogP contribution in [0.2, 0.25) is 0 Å². The van der Waals surface area contributed by atoms with Crippen molar-refractivity contribution in [1.29, 1.82) is 0 Å². The van der Waals surface area contributed by atoms with E-state index in [4.69, 9.17) is 17.0 Å². The lowest BCUT2D eigenvalue weighted by molar-refractivity contribution is -0.121. The highest BCUT2D eigenvalue weighted by Crippen LogP contribution is 2.20. The molecule has 0 spiro atoms. The number of carbonyl (C=O) groups excluding carboxylic acids is 1. The Kier molecular flexibility index (Phi) is 7.75. The second kappa shape index (κ2) is 10.7. The molecule has 0 radical (unpaired) electrons. The van der Waals surface area contributed by atoms with Crippen molar-refractivity contribution >= 4 is 18.1 Å². The van der Waals surface area contributed by atoms with Gasteiger partial charge in [0.25, 0.3) is 0 Å². The molecular weight excluding hydrogens is 398 g/mol. The molecule has 1 amide bonds. The Morgan fingerprint density at radius 1 is 1.20 bits per heavy atom. The number of carbonyl (C=O) groups is 1. The summed E-state index contributed by atoms with van der Waals surface area (Å²) in [5.74, 6) is 1.29. The third-order valence-electron chi connectivity index (χ3n) is 4.74. The number of amides is 1. The number of rotatable bonds is 10. The minimum atomic E-state index is -0.0898. The fourth-order valence-electron chi connectivity index (χ4n) is 3.18. The van der Waals surface area contributed by atoms with Crippen LogP contribution in [-0.2, 0) is 17.9 Å². The number of nitrogens with one attached hydrogen (secondary N) is 2. The lowest BCUT2D eigenvalue weighted by atomic mass is 10.2. The molecule has 1 heterocycles. The Morgan fingerprint density at radius 2 is 1.93 bits per heavy atom. The largest absolute Gasteiger partial charge is 0.497 e. The maximum absolute atomic E-state index is 12.4. The van der Waals surface area contributed by atoms with E-state index in [0.717, 1.165) is 30.8 Å². The van der Waals surface area contributed by atoms with Crippen molar-refractivity contribution in [2.75, 3.05) is 27.2 Å². The first-order chi connectivity index (χ1) is 14.6. The molecule has 1 aromatic heterocycles. The topological polar surface area (TPSA) is 75.2 Å². The molecule has 3 aromatic rings. The van der Waals surface area contributed by atoms with Crippen molar-refractivity contribution in [3.8, 4) is 17.1 Å². The van der Waals surface area contributed by atoms with E-state index in [9.17, 15) is 4.79 Å². The van der Waals surface area contributed by atoms with Gasteiger partial charge in [-0.1, -0.05) is 30.3 Å². The average Bonchev–Trinajstić information content (AvgIpc) is 3.12.